The van der Waals surface area contributed by atoms with Crippen LogP contribution in [0.1, 0.15) is 80.4 Å². The molecule has 6 rings (SSSR count). The molecule has 0 radical (unpaired) electrons. The van der Waals surface area contributed by atoms with Gasteiger partial charge in [-0.25, -0.2) is 9.78 Å². The quantitative estimate of drug-likeness (QED) is 0.256. The predicted octanol–water partition coefficient (Wildman–Crippen LogP) is 8.40. The molecule has 4 fully saturated rings. The average molecular weight is 587 g/mol. The number of ether oxygens (including phenoxy) is 2. The highest BCUT2D eigenvalue weighted by atomic mass is 33.1. The van der Waals surface area contributed by atoms with Crippen molar-refractivity contribution in [2.45, 2.75) is 102 Å². The lowest BCUT2D eigenvalue weighted by Gasteiger charge is -2.61. The SMILES string of the molecule is CC(C)(C)C12OOC1(c1cccc(SSc3cccc(C45OCC(C)(C)C4(C(C)(C)C)OO5)c3)c1)OCC2(C)C. The van der Waals surface area contributed by atoms with Crippen molar-refractivity contribution in [1.29, 1.82) is 0 Å². The normalized spacial score (nSPS) is 36.0. The van der Waals surface area contributed by atoms with Gasteiger partial charge in [-0.1, -0.05) is 115 Å². The topological polar surface area (TPSA) is 55.4 Å². The minimum absolute atomic E-state index is 0.199. The largest absolute Gasteiger partial charge is 0.341 e. The van der Waals surface area contributed by atoms with Gasteiger partial charge in [-0.05, 0) is 24.3 Å². The highest BCUT2D eigenvalue weighted by Gasteiger charge is 2.82. The summed E-state index contributed by atoms with van der Waals surface area (Å²) in [6.45, 7) is 23.1. The Labute approximate surface area is 246 Å². The van der Waals surface area contributed by atoms with Gasteiger partial charge in [-0.3, -0.25) is 0 Å². The van der Waals surface area contributed by atoms with E-state index in [2.05, 4.69) is 118 Å². The van der Waals surface area contributed by atoms with Gasteiger partial charge in [-0.2, -0.15) is 9.78 Å². The second-order valence-corrected chi connectivity index (χ2v) is 17.3. The number of rotatable bonds is 5. The fourth-order valence-electron chi connectivity index (χ4n) is 8.08. The molecule has 4 heterocycles. The first-order chi connectivity index (χ1) is 18.5. The Morgan fingerprint density at radius 3 is 1.25 bits per heavy atom. The molecule has 4 unspecified atom stereocenters. The molecule has 0 amide bonds. The summed E-state index contributed by atoms with van der Waals surface area (Å²) in [6.07, 6.45) is 0. The van der Waals surface area contributed by atoms with Crippen LogP contribution >= 0.6 is 21.6 Å². The molecule has 4 atom stereocenters. The Kier molecular flexibility index (Phi) is 6.33. The standard InChI is InChI=1S/C32H42O6S2/c1-25(2,3)31-27(7,8)19-33-29(31,35-37-31)21-13-11-15-23(17-21)39-40-24-16-12-14-22(18-24)30-32(38-36-30,26(4,5)6)28(9,10)20-34-30/h11-18H,19-20H2,1-10H3. The molecule has 2 aromatic carbocycles. The first-order valence-electron chi connectivity index (χ1n) is 14.1. The molecule has 218 valence electrons. The molecule has 0 N–H and O–H groups in total. The van der Waals surface area contributed by atoms with Crippen LogP contribution in [0.3, 0.4) is 0 Å². The molecule has 4 aliphatic heterocycles. The molecule has 2 aromatic rings. The van der Waals surface area contributed by atoms with Crippen molar-refractivity contribution in [2.24, 2.45) is 21.7 Å². The van der Waals surface area contributed by atoms with Crippen LogP contribution in [-0.4, -0.2) is 24.4 Å². The van der Waals surface area contributed by atoms with Crippen molar-refractivity contribution < 1.29 is 29.0 Å². The highest BCUT2D eigenvalue weighted by molar-refractivity contribution is 8.76. The van der Waals surface area contributed by atoms with Crippen LogP contribution in [0.5, 0.6) is 0 Å². The van der Waals surface area contributed by atoms with E-state index in [1.54, 1.807) is 21.6 Å². The summed E-state index contributed by atoms with van der Waals surface area (Å²) in [5.74, 6) is -1.86. The lowest BCUT2D eigenvalue weighted by molar-refractivity contribution is -0.626. The summed E-state index contributed by atoms with van der Waals surface area (Å²) < 4.78 is 12.9. The summed E-state index contributed by atoms with van der Waals surface area (Å²) in [5.41, 5.74) is -0.0671. The number of benzene rings is 2. The molecule has 4 aliphatic rings. The van der Waals surface area contributed by atoms with Gasteiger partial charge in [0.1, 0.15) is 0 Å². The van der Waals surface area contributed by atoms with Crippen LogP contribution in [0.15, 0.2) is 58.3 Å². The first-order valence-corrected chi connectivity index (χ1v) is 16.2. The molecule has 0 aliphatic carbocycles. The third kappa shape index (κ3) is 3.42. The van der Waals surface area contributed by atoms with E-state index >= 15 is 0 Å². The molecule has 0 bridgehead atoms. The van der Waals surface area contributed by atoms with E-state index in [0.717, 1.165) is 20.9 Å². The average Bonchev–Trinajstić information content (AvgIpc) is 3.08. The molecule has 8 heteroatoms. The van der Waals surface area contributed by atoms with Crippen LogP contribution in [0.25, 0.3) is 0 Å². The Morgan fingerprint density at radius 2 is 0.950 bits per heavy atom. The molecular weight excluding hydrogens is 544 g/mol. The Hall–Kier alpha value is -1.10. The van der Waals surface area contributed by atoms with Crippen molar-refractivity contribution in [3.63, 3.8) is 0 Å². The van der Waals surface area contributed by atoms with Gasteiger partial charge in [0, 0.05) is 42.6 Å². The van der Waals surface area contributed by atoms with Crippen LogP contribution < -0.4 is 0 Å². The Balaban J connectivity index is 1.26. The van der Waals surface area contributed by atoms with E-state index in [0.29, 0.717) is 13.2 Å². The van der Waals surface area contributed by atoms with Gasteiger partial charge < -0.3 is 9.47 Å². The summed E-state index contributed by atoms with van der Waals surface area (Å²) in [7, 11) is 3.40. The van der Waals surface area contributed by atoms with Gasteiger partial charge in [0.05, 0.1) is 13.2 Å². The first kappa shape index (κ1) is 29.0. The highest BCUT2D eigenvalue weighted by Crippen LogP contribution is 2.70. The summed E-state index contributed by atoms with van der Waals surface area (Å²) in [4.78, 5) is 26.0. The van der Waals surface area contributed by atoms with Crippen molar-refractivity contribution in [1.82, 2.24) is 0 Å². The zero-order valence-electron chi connectivity index (χ0n) is 25.3. The van der Waals surface area contributed by atoms with E-state index in [4.69, 9.17) is 29.0 Å². The van der Waals surface area contributed by atoms with E-state index in [1.165, 1.54) is 0 Å². The summed E-state index contributed by atoms with van der Waals surface area (Å²) in [6, 6.07) is 16.9. The van der Waals surface area contributed by atoms with E-state index in [-0.39, 0.29) is 21.7 Å². The lowest BCUT2D eigenvalue weighted by atomic mass is 9.57. The molecule has 0 spiro atoms. The second kappa shape index (κ2) is 8.73. The van der Waals surface area contributed by atoms with Crippen molar-refractivity contribution in [3.05, 3.63) is 59.7 Å². The zero-order valence-corrected chi connectivity index (χ0v) is 26.9. The minimum atomic E-state index is -0.931. The van der Waals surface area contributed by atoms with Crippen LogP contribution in [0.2, 0.25) is 0 Å². The maximum absolute atomic E-state index is 6.44. The molecule has 40 heavy (non-hydrogen) atoms. The maximum Gasteiger partial charge on any atom is 0.261 e. The van der Waals surface area contributed by atoms with Gasteiger partial charge in [0.15, 0.2) is 11.2 Å². The number of fused-ring (bicyclic) bond motifs is 2. The molecule has 4 saturated heterocycles. The van der Waals surface area contributed by atoms with Gasteiger partial charge in [0.2, 0.25) is 0 Å². The molecule has 0 saturated carbocycles. The van der Waals surface area contributed by atoms with E-state index in [9.17, 15) is 0 Å². The van der Waals surface area contributed by atoms with Crippen LogP contribution in [0, 0.1) is 21.7 Å². The zero-order chi connectivity index (χ0) is 29.0. The van der Waals surface area contributed by atoms with Crippen LogP contribution in [-0.2, 0) is 40.6 Å². The molecule has 6 nitrogen and oxygen atoms in total. The van der Waals surface area contributed by atoms with E-state index < -0.39 is 22.8 Å². The van der Waals surface area contributed by atoms with Gasteiger partial charge in [-0.15, -0.1) is 0 Å². The minimum Gasteiger partial charge on any atom is -0.341 e. The summed E-state index contributed by atoms with van der Waals surface area (Å²) >= 11 is 0. The van der Waals surface area contributed by atoms with Crippen molar-refractivity contribution in [2.75, 3.05) is 13.2 Å². The van der Waals surface area contributed by atoms with Gasteiger partial charge >= 0.3 is 0 Å². The van der Waals surface area contributed by atoms with Gasteiger partial charge in [0.25, 0.3) is 11.6 Å². The number of hydrogen-bond acceptors (Lipinski definition) is 8. The van der Waals surface area contributed by atoms with Crippen LogP contribution in [0.4, 0.5) is 0 Å². The third-order valence-electron chi connectivity index (χ3n) is 9.45. The van der Waals surface area contributed by atoms with Crippen molar-refractivity contribution in [3.8, 4) is 0 Å². The lowest BCUT2D eigenvalue weighted by Crippen LogP contribution is -2.73. The number of hydrogen-bond donors (Lipinski definition) is 0. The Bertz CT molecular complexity index is 1230. The second-order valence-electron chi connectivity index (χ2n) is 15.0. The van der Waals surface area contributed by atoms with E-state index in [1.807, 2.05) is 0 Å². The fourth-order valence-corrected chi connectivity index (χ4v) is 10.1. The smallest absolute Gasteiger partial charge is 0.261 e. The monoisotopic (exact) mass is 586 g/mol. The maximum atomic E-state index is 6.44. The summed E-state index contributed by atoms with van der Waals surface area (Å²) in [5, 5.41) is 0. The Morgan fingerprint density at radius 1 is 0.575 bits per heavy atom. The molecule has 0 aromatic heterocycles. The third-order valence-corrected chi connectivity index (χ3v) is 11.8. The van der Waals surface area contributed by atoms with Crippen molar-refractivity contribution >= 4 is 21.6 Å². The molecular formula is C32H42O6S2. The predicted molar refractivity (Wildman–Crippen MR) is 156 cm³/mol. The fraction of sp³-hybridized carbons (Fsp3) is 0.625.